The maximum Gasteiger partial charge on any atom is 0.199 e. The first kappa shape index (κ1) is 25.9. The number of halogens is 3. The van der Waals surface area contributed by atoms with E-state index >= 15 is 4.39 Å². The maximum absolute atomic E-state index is 15.4. The molecule has 0 radical (unpaired) electrons. The zero-order chi connectivity index (χ0) is 27.6. The smallest absolute Gasteiger partial charge is 0.199 e. The van der Waals surface area contributed by atoms with Crippen molar-refractivity contribution in [2.75, 3.05) is 0 Å². The van der Waals surface area contributed by atoms with Gasteiger partial charge in [0.05, 0.1) is 28.1 Å². The molecule has 2 aliphatic carbocycles. The van der Waals surface area contributed by atoms with Crippen molar-refractivity contribution in [1.29, 1.82) is 0 Å². The Morgan fingerprint density at radius 1 is 1.16 bits per heavy atom. The van der Waals surface area contributed by atoms with Crippen molar-refractivity contribution in [2.24, 2.45) is 15.4 Å². The van der Waals surface area contributed by atoms with Gasteiger partial charge in [-0.05, 0) is 75.4 Å². The number of aromatic nitrogens is 5. The van der Waals surface area contributed by atoms with Crippen LogP contribution in [-0.4, -0.2) is 43.0 Å². The number of aliphatic hydroxyl groups is 1. The molecule has 8 nitrogen and oxygen atoms in total. The number of amidine groups is 1. The predicted molar refractivity (Wildman–Crippen MR) is 136 cm³/mol. The van der Waals surface area contributed by atoms with Crippen LogP contribution in [0.3, 0.4) is 0 Å². The summed E-state index contributed by atoms with van der Waals surface area (Å²) in [6, 6.07) is 5.29. The van der Waals surface area contributed by atoms with Crippen LogP contribution in [0.4, 0.5) is 13.2 Å². The summed E-state index contributed by atoms with van der Waals surface area (Å²) in [5.41, 5.74) is -1.62. The number of rotatable bonds is 5. The zero-order valence-corrected chi connectivity index (χ0v) is 21.8. The molecule has 2 bridgehead atoms. The average molecular weight is 524 g/mol. The first-order valence-electron chi connectivity index (χ1n) is 12.2. The molecule has 0 aliphatic heterocycles. The molecule has 0 spiro atoms. The Morgan fingerprint density at radius 3 is 2.42 bits per heavy atom. The van der Waals surface area contributed by atoms with E-state index in [9.17, 15) is 13.9 Å². The number of allylic oxidation sites excluding steroid dienone is 2. The molecule has 1 fully saturated rings. The van der Waals surface area contributed by atoms with Crippen LogP contribution in [0.1, 0.15) is 76.3 Å². The highest BCUT2D eigenvalue weighted by Gasteiger charge is 2.66. The number of fused-ring (bicyclic) bond motifs is 5. The summed E-state index contributed by atoms with van der Waals surface area (Å²) in [6.07, 6.45) is 1.23. The zero-order valence-electron chi connectivity index (χ0n) is 21.8. The van der Waals surface area contributed by atoms with E-state index in [0.717, 1.165) is 5.56 Å². The van der Waals surface area contributed by atoms with Crippen molar-refractivity contribution in [3.8, 4) is 11.3 Å². The average Bonchev–Trinajstić information content (AvgIpc) is 3.48. The third kappa shape index (κ3) is 3.63. The maximum atomic E-state index is 15.4. The Balaban J connectivity index is 1.67. The minimum Gasteiger partial charge on any atom is -0.382 e. The number of H-pyrrole nitrogens is 1. The van der Waals surface area contributed by atoms with Crippen LogP contribution in [0.25, 0.3) is 11.3 Å². The highest BCUT2D eigenvalue weighted by Crippen LogP contribution is 2.70. The van der Waals surface area contributed by atoms with E-state index in [1.54, 1.807) is 19.9 Å². The number of nitrogens with one attached hydrogen (secondary N) is 1. The van der Waals surface area contributed by atoms with Crippen molar-refractivity contribution in [1.82, 2.24) is 25.4 Å². The van der Waals surface area contributed by atoms with Gasteiger partial charge in [-0.25, -0.2) is 23.2 Å². The van der Waals surface area contributed by atoms with Gasteiger partial charge >= 0.3 is 0 Å². The molecule has 1 saturated carbocycles. The Hall–Kier alpha value is -3.73. The molecular weight excluding hydrogens is 495 g/mol. The molecule has 0 amide bonds. The van der Waals surface area contributed by atoms with Gasteiger partial charge in [0.2, 0.25) is 0 Å². The van der Waals surface area contributed by atoms with E-state index in [4.69, 9.17) is 0 Å². The van der Waals surface area contributed by atoms with Crippen molar-refractivity contribution in [3.05, 3.63) is 70.3 Å². The third-order valence-corrected chi connectivity index (χ3v) is 7.98. The van der Waals surface area contributed by atoms with Crippen LogP contribution in [0.15, 0.2) is 45.8 Å². The van der Waals surface area contributed by atoms with Gasteiger partial charge in [0.25, 0.3) is 0 Å². The number of hydrogen-bond acceptors (Lipinski definition) is 6. The molecule has 1 aromatic carbocycles. The van der Waals surface area contributed by atoms with Gasteiger partial charge < -0.3 is 10.1 Å². The van der Waals surface area contributed by atoms with Crippen LogP contribution in [0.5, 0.6) is 0 Å². The van der Waals surface area contributed by atoms with Crippen molar-refractivity contribution in [2.45, 2.75) is 64.4 Å². The number of aromatic amines is 1. The fourth-order valence-electron chi connectivity index (χ4n) is 6.09. The molecule has 0 saturated heterocycles. The largest absolute Gasteiger partial charge is 0.382 e. The third-order valence-electron chi connectivity index (χ3n) is 7.98. The van der Waals surface area contributed by atoms with Gasteiger partial charge in [0.1, 0.15) is 23.1 Å². The summed E-state index contributed by atoms with van der Waals surface area (Å²) >= 11 is 0. The van der Waals surface area contributed by atoms with Crippen molar-refractivity contribution >= 4 is 12.6 Å². The Morgan fingerprint density at radius 2 is 1.84 bits per heavy atom. The number of hydrogen-bond donors (Lipinski definition) is 2. The molecule has 5 rings (SSSR count). The van der Waals surface area contributed by atoms with Crippen molar-refractivity contribution < 1.29 is 18.3 Å². The molecule has 2 N–H and O–H groups in total. The van der Waals surface area contributed by atoms with Gasteiger partial charge in [0.15, 0.2) is 17.5 Å². The van der Waals surface area contributed by atoms with E-state index in [-0.39, 0.29) is 40.4 Å². The fourth-order valence-corrected chi connectivity index (χ4v) is 6.09. The molecule has 2 aliphatic rings. The second kappa shape index (κ2) is 8.65. The normalized spacial score (nSPS) is 22.9. The Labute approximate surface area is 217 Å². The lowest BCUT2D eigenvalue weighted by Gasteiger charge is -2.38. The Bertz CT molecular complexity index is 1490. The molecule has 2 heterocycles. The quantitative estimate of drug-likeness (QED) is 0.350. The van der Waals surface area contributed by atoms with E-state index in [2.05, 4.69) is 42.1 Å². The van der Waals surface area contributed by atoms with Gasteiger partial charge in [-0.1, -0.05) is 19.9 Å². The molecule has 2 atom stereocenters. The van der Waals surface area contributed by atoms with Crippen LogP contribution >= 0.6 is 0 Å². The number of aliphatic imine (C=N–C) groups is 2. The summed E-state index contributed by atoms with van der Waals surface area (Å²) in [4.78, 5) is 11.4. The molecule has 198 valence electrons. The highest BCUT2D eigenvalue weighted by atomic mass is 19.1. The summed E-state index contributed by atoms with van der Waals surface area (Å²) < 4.78 is 44.5. The van der Waals surface area contributed by atoms with E-state index < -0.39 is 33.9 Å². The topological polar surface area (TPSA) is 112 Å². The number of nitrogens with zero attached hydrogens (tertiary/aromatic N) is 6. The van der Waals surface area contributed by atoms with E-state index in [1.807, 2.05) is 13.8 Å². The van der Waals surface area contributed by atoms with Gasteiger partial charge in [0, 0.05) is 0 Å². The molecule has 0 unspecified atom stereocenters. The van der Waals surface area contributed by atoms with Crippen LogP contribution in [0.2, 0.25) is 0 Å². The predicted octanol–water partition coefficient (Wildman–Crippen LogP) is 5.27. The van der Waals surface area contributed by atoms with Crippen LogP contribution in [-0.2, 0) is 11.0 Å². The summed E-state index contributed by atoms with van der Waals surface area (Å²) in [5, 5.41) is 26.9. The molecular formula is C27H28F3N7O. The SMILES string of the molecule is C=N/C(=N\C(=C(/C)F)[C@@]12CC[C@@H](c3cc(-c4c(F)cccc4F)nnc31)C2(C)C)c1nnc(C(C)(C)O)[nH]1. The van der Waals surface area contributed by atoms with Gasteiger partial charge in [-0.15, -0.1) is 15.3 Å². The monoisotopic (exact) mass is 523 g/mol. The minimum atomic E-state index is -1.29. The first-order valence-corrected chi connectivity index (χ1v) is 12.2. The van der Waals surface area contributed by atoms with Crippen LogP contribution in [0, 0.1) is 17.0 Å². The minimum absolute atomic E-state index is 0.0000760. The first-order chi connectivity index (χ1) is 17.8. The van der Waals surface area contributed by atoms with E-state index in [0.29, 0.717) is 18.5 Å². The fraction of sp³-hybridized carbons (Fsp3) is 0.407. The second-order valence-corrected chi connectivity index (χ2v) is 10.9. The van der Waals surface area contributed by atoms with Gasteiger partial charge in [-0.2, -0.15) is 5.10 Å². The van der Waals surface area contributed by atoms with Gasteiger partial charge in [-0.3, -0.25) is 0 Å². The standard InChI is InChI=1S/C27H28F3N7O/c1-13(28)20(32-22(31-6)23-33-24(37-36-23)26(4,5)38)27-11-10-15(25(27,2)3)14-12-18(34-35-21(14)27)19-16(29)8-7-9-17(19)30/h7-9,12,15,38H,6,10-11H2,1-5H3,(H,33,36,37)/b20-13+,32-22-/t15-,27-/m0/s1. The second-order valence-electron chi connectivity index (χ2n) is 10.9. The summed E-state index contributed by atoms with van der Waals surface area (Å²) in [6.45, 7) is 12.0. The molecule has 38 heavy (non-hydrogen) atoms. The molecule has 3 aromatic rings. The summed E-state index contributed by atoms with van der Waals surface area (Å²) in [5.74, 6) is -1.77. The lowest BCUT2D eigenvalue weighted by Crippen LogP contribution is -2.38. The lowest BCUT2D eigenvalue weighted by atomic mass is 9.66. The number of benzene rings is 1. The van der Waals surface area contributed by atoms with E-state index in [1.165, 1.54) is 25.1 Å². The van der Waals surface area contributed by atoms with Crippen LogP contribution < -0.4 is 0 Å². The molecule has 2 aromatic heterocycles. The molecule has 11 heteroatoms. The lowest BCUT2D eigenvalue weighted by molar-refractivity contribution is 0.0691. The Kier molecular flexibility index (Phi) is 5.90. The highest BCUT2D eigenvalue weighted by molar-refractivity contribution is 5.99. The summed E-state index contributed by atoms with van der Waals surface area (Å²) in [7, 11) is 0. The van der Waals surface area contributed by atoms with Crippen molar-refractivity contribution in [3.63, 3.8) is 0 Å².